The van der Waals surface area contributed by atoms with Gasteiger partial charge in [-0.3, -0.25) is 9.69 Å². The van der Waals surface area contributed by atoms with Crippen LogP contribution in [0, 0.1) is 0 Å². The van der Waals surface area contributed by atoms with Gasteiger partial charge in [-0.25, -0.2) is 0 Å². The molecule has 0 aromatic heterocycles. The van der Waals surface area contributed by atoms with Crippen molar-refractivity contribution in [2.24, 2.45) is 0 Å². The lowest BCUT2D eigenvalue weighted by Gasteiger charge is -2.25. The zero-order chi connectivity index (χ0) is 14.5. The quantitative estimate of drug-likeness (QED) is 0.904. The van der Waals surface area contributed by atoms with Gasteiger partial charge in [-0.1, -0.05) is 42.6 Å². The van der Waals surface area contributed by atoms with Crippen LogP contribution in [0.5, 0.6) is 0 Å². The van der Waals surface area contributed by atoms with Crippen LogP contribution in [-0.4, -0.2) is 29.9 Å². The van der Waals surface area contributed by atoms with Crippen molar-refractivity contribution in [3.05, 3.63) is 34.9 Å². The van der Waals surface area contributed by atoms with Gasteiger partial charge in [0.05, 0.1) is 6.04 Å². The number of halogens is 1. The topological polar surface area (TPSA) is 32.3 Å². The molecule has 3 nitrogen and oxygen atoms in total. The Hall–Kier alpha value is -1.06. The Morgan fingerprint density at radius 3 is 2.70 bits per heavy atom. The molecule has 110 valence electrons. The number of benzene rings is 1. The summed E-state index contributed by atoms with van der Waals surface area (Å²) in [6, 6.07) is 8.00. The molecule has 1 amide bonds. The Bertz CT molecular complexity index is 458. The van der Waals surface area contributed by atoms with Gasteiger partial charge in [0.2, 0.25) is 5.91 Å². The fraction of sp³-hybridized carbons (Fsp3) is 0.562. The van der Waals surface area contributed by atoms with Crippen LogP contribution in [0.25, 0.3) is 0 Å². The number of amides is 1. The van der Waals surface area contributed by atoms with Gasteiger partial charge in [0.25, 0.3) is 0 Å². The van der Waals surface area contributed by atoms with E-state index in [1.54, 1.807) is 0 Å². The zero-order valence-corrected chi connectivity index (χ0v) is 13.0. The summed E-state index contributed by atoms with van der Waals surface area (Å²) in [7, 11) is 1.96. The fourth-order valence-electron chi connectivity index (χ4n) is 2.62. The minimum absolute atomic E-state index is 0.117. The van der Waals surface area contributed by atoms with Gasteiger partial charge in [0.1, 0.15) is 0 Å². The fourth-order valence-corrected chi connectivity index (χ4v) is 2.82. The largest absolute Gasteiger partial charge is 0.352 e. The lowest BCUT2D eigenvalue weighted by Crippen LogP contribution is -2.46. The third-order valence-electron chi connectivity index (χ3n) is 4.12. The predicted octanol–water partition coefficient (Wildman–Crippen LogP) is 3.22. The van der Waals surface area contributed by atoms with Gasteiger partial charge in [-0.05, 0) is 38.4 Å². The molecule has 2 rings (SSSR count). The van der Waals surface area contributed by atoms with Crippen molar-refractivity contribution >= 4 is 17.5 Å². The molecule has 1 fully saturated rings. The van der Waals surface area contributed by atoms with Crippen molar-refractivity contribution in [3.8, 4) is 0 Å². The van der Waals surface area contributed by atoms with Gasteiger partial charge < -0.3 is 5.32 Å². The van der Waals surface area contributed by atoms with Crippen molar-refractivity contribution in [3.63, 3.8) is 0 Å². The SMILES string of the molecule is CC(C(=O)NC1CCCC1)N(C)Cc1ccccc1Cl. The molecule has 1 N–H and O–H groups in total. The predicted molar refractivity (Wildman–Crippen MR) is 82.8 cm³/mol. The number of nitrogens with one attached hydrogen (secondary N) is 1. The lowest BCUT2D eigenvalue weighted by atomic mass is 10.1. The second-order valence-corrected chi connectivity index (χ2v) is 6.08. The van der Waals surface area contributed by atoms with Crippen LogP contribution < -0.4 is 5.32 Å². The first-order valence-electron chi connectivity index (χ1n) is 7.32. The summed E-state index contributed by atoms with van der Waals surface area (Å²) in [4.78, 5) is 14.3. The second-order valence-electron chi connectivity index (χ2n) is 5.67. The van der Waals surface area contributed by atoms with Crippen LogP contribution in [0.2, 0.25) is 5.02 Å². The number of rotatable bonds is 5. The Balaban J connectivity index is 1.89. The summed E-state index contributed by atoms with van der Waals surface area (Å²) in [5.41, 5.74) is 1.05. The third-order valence-corrected chi connectivity index (χ3v) is 4.49. The van der Waals surface area contributed by atoms with E-state index in [1.165, 1.54) is 12.8 Å². The lowest BCUT2D eigenvalue weighted by molar-refractivity contribution is -0.126. The first-order valence-corrected chi connectivity index (χ1v) is 7.69. The third kappa shape index (κ3) is 3.97. The summed E-state index contributed by atoms with van der Waals surface area (Å²) >= 11 is 6.16. The Labute approximate surface area is 126 Å². The van der Waals surface area contributed by atoms with E-state index in [0.29, 0.717) is 12.6 Å². The summed E-state index contributed by atoms with van der Waals surface area (Å²) < 4.78 is 0. The molecule has 1 aliphatic rings. The number of nitrogens with zero attached hydrogens (tertiary/aromatic N) is 1. The first kappa shape index (κ1) is 15.3. The van der Waals surface area contributed by atoms with Gasteiger partial charge in [0, 0.05) is 17.6 Å². The first-order chi connectivity index (χ1) is 9.58. The maximum absolute atomic E-state index is 12.2. The number of carbonyl (C=O) groups is 1. The van der Waals surface area contributed by atoms with Crippen LogP contribution in [0.1, 0.15) is 38.2 Å². The molecule has 1 unspecified atom stereocenters. The summed E-state index contributed by atoms with van der Waals surface area (Å²) in [6.07, 6.45) is 4.70. The van der Waals surface area contributed by atoms with E-state index in [0.717, 1.165) is 23.4 Å². The summed E-state index contributed by atoms with van der Waals surface area (Å²) in [6.45, 7) is 2.63. The minimum Gasteiger partial charge on any atom is -0.352 e. The van der Waals surface area contributed by atoms with Gasteiger partial charge in [-0.15, -0.1) is 0 Å². The highest BCUT2D eigenvalue weighted by Gasteiger charge is 2.23. The van der Waals surface area contributed by atoms with Crippen LogP contribution in [0.3, 0.4) is 0 Å². The molecule has 0 saturated heterocycles. The van der Waals surface area contributed by atoms with E-state index in [-0.39, 0.29) is 11.9 Å². The molecule has 1 aromatic rings. The molecule has 0 radical (unpaired) electrons. The van der Waals surface area contributed by atoms with Crippen LogP contribution in [0.4, 0.5) is 0 Å². The molecular formula is C16H23ClN2O. The molecule has 20 heavy (non-hydrogen) atoms. The van der Waals surface area contributed by atoms with E-state index < -0.39 is 0 Å². The molecule has 4 heteroatoms. The normalized spacial score (nSPS) is 17.4. The van der Waals surface area contributed by atoms with Gasteiger partial charge in [-0.2, -0.15) is 0 Å². The van der Waals surface area contributed by atoms with Crippen molar-refractivity contribution in [1.82, 2.24) is 10.2 Å². The minimum atomic E-state index is -0.146. The summed E-state index contributed by atoms with van der Waals surface area (Å²) in [5, 5.41) is 3.90. The molecule has 1 atom stereocenters. The molecule has 0 bridgehead atoms. The molecule has 0 spiro atoms. The van der Waals surface area contributed by atoms with E-state index in [1.807, 2.05) is 43.1 Å². The van der Waals surface area contributed by atoms with Crippen molar-refractivity contribution in [2.45, 2.75) is 51.2 Å². The highest BCUT2D eigenvalue weighted by atomic mass is 35.5. The molecular weight excluding hydrogens is 272 g/mol. The van der Waals surface area contributed by atoms with Crippen molar-refractivity contribution in [1.29, 1.82) is 0 Å². The molecule has 1 aromatic carbocycles. The standard InChI is InChI=1S/C16H23ClN2O/c1-12(16(20)18-14-8-4-5-9-14)19(2)11-13-7-3-6-10-15(13)17/h3,6-7,10,12,14H,4-5,8-9,11H2,1-2H3,(H,18,20). The van der Waals surface area contributed by atoms with Gasteiger partial charge >= 0.3 is 0 Å². The van der Waals surface area contributed by atoms with Crippen molar-refractivity contribution < 1.29 is 4.79 Å². The number of likely N-dealkylation sites (N-methyl/N-ethyl adjacent to an activating group) is 1. The van der Waals surface area contributed by atoms with Crippen LogP contribution in [0.15, 0.2) is 24.3 Å². The highest BCUT2D eigenvalue weighted by molar-refractivity contribution is 6.31. The van der Waals surface area contributed by atoms with Gasteiger partial charge in [0.15, 0.2) is 0 Å². The highest BCUT2D eigenvalue weighted by Crippen LogP contribution is 2.19. The molecule has 1 saturated carbocycles. The second kappa shape index (κ2) is 7.09. The maximum atomic E-state index is 12.2. The van der Waals surface area contributed by atoms with E-state index >= 15 is 0 Å². The monoisotopic (exact) mass is 294 g/mol. The summed E-state index contributed by atoms with van der Waals surface area (Å²) in [5.74, 6) is 0.117. The molecule has 0 heterocycles. The van der Waals surface area contributed by atoms with E-state index in [9.17, 15) is 4.79 Å². The number of hydrogen-bond acceptors (Lipinski definition) is 2. The molecule has 1 aliphatic carbocycles. The van der Waals surface area contributed by atoms with E-state index in [4.69, 9.17) is 11.6 Å². The maximum Gasteiger partial charge on any atom is 0.237 e. The van der Waals surface area contributed by atoms with Crippen LogP contribution >= 0.6 is 11.6 Å². The smallest absolute Gasteiger partial charge is 0.237 e. The Morgan fingerprint density at radius 1 is 1.40 bits per heavy atom. The average Bonchev–Trinajstić information content (AvgIpc) is 2.93. The number of carbonyl (C=O) groups excluding carboxylic acids is 1. The molecule has 0 aliphatic heterocycles. The number of hydrogen-bond donors (Lipinski definition) is 1. The Morgan fingerprint density at radius 2 is 2.05 bits per heavy atom. The average molecular weight is 295 g/mol. The zero-order valence-electron chi connectivity index (χ0n) is 12.2. The van der Waals surface area contributed by atoms with Crippen LogP contribution in [-0.2, 0) is 11.3 Å². The van der Waals surface area contributed by atoms with Crippen molar-refractivity contribution in [2.75, 3.05) is 7.05 Å². The van der Waals surface area contributed by atoms with E-state index in [2.05, 4.69) is 5.32 Å². The Kier molecular flexibility index (Phi) is 5.44.